The van der Waals surface area contributed by atoms with Gasteiger partial charge in [0.2, 0.25) is 0 Å². The molecule has 25 heavy (non-hydrogen) atoms. The van der Waals surface area contributed by atoms with E-state index in [1.54, 1.807) is 4.90 Å². The van der Waals surface area contributed by atoms with Crippen LogP contribution in [0.15, 0.2) is 41.7 Å². The highest BCUT2D eigenvalue weighted by atomic mass is 16.5. The minimum Gasteiger partial charge on any atom is -0.503 e. The predicted molar refractivity (Wildman–Crippen MR) is 92.2 cm³/mol. The predicted octanol–water partition coefficient (Wildman–Crippen LogP) is 0.276. The molecule has 3 rings (SSSR count). The molecular weight excluding hydrogens is 320 g/mol. The van der Waals surface area contributed by atoms with Crippen molar-refractivity contribution in [2.24, 2.45) is 0 Å². The average Bonchev–Trinajstić information content (AvgIpc) is 2.88. The summed E-state index contributed by atoms with van der Waals surface area (Å²) in [6.45, 7) is 6.39. The molecule has 1 atom stereocenters. The Morgan fingerprint density at radius 3 is 2.60 bits per heavy atom. The molecule has 1 saturated heterocycles. The van der Waals surface area contributed by atoms with Gasteiger partial charge in [-0.1, -0.05) is 30.3 Å². The van der Waals surface area contributed by atoms with Gasteiger partial charge in [-0.15, -0.1) is 0 Å². The van der Waals surface area contributed by atoms with Crippen molar-refractivity contribution in [3.63, 3.8) is 0 Å². The number of benzene rings is 1. The summed E-state index contributed by atoms with van der Waals surface area (Å²) in [5, 5.41) is 10.2. The molecule has 2 N–H and O–H groups in total. The number of nitrogens with zero attached hydrogens (tertiary/aromatic N) is 1. The number of ketones is 1. The van der Waals surface area contributed by atoms with E-state index in [-0.39, 0.29) is 11.4 Å². The monoisotopic (exact) mass is 345 g/mol. The summed E-state index contributed by atoms with van der Waals surface area (Å²) in [7, 11) is 0. The molecule has 134 valence electrons. The summed E-state index contributed by atoms with van der Waals surface area (Å²) in [6, 6.07) is 8.93. The Morgan fingerprint density at radius 1 is 1.28 bits per heavy atom. The van der Waals surface area contributed by atoms with Crippen LogP contribution in [0.2, 0.25) is 0 Å². The van der Waals surface area contributed by atoms with Gasteiger partial charge in [0.25, 0.3) is 5.91 Å². The number of hydrogen-bond acceptors (Lipinski definition) is 4. The maximum absolute atomic E-state index is 12.5. The maximum atomic E-state index is 12.5. The zero-order chi connectivity index (χ0) is 17.8. The summed E-state index contributed by atoms with van der Waals surface area (Å²) in [5.74, 6) is -1.11. The van der Waals surface area contributed by atoms with Gasteiger partial charge < -0.3 is 19.6 Å². The SMILES string of the molecule is CC(=O)C1=C(O)C(=O)N(CCC[NH+]2CCOCC2)[C@H]1c1ccccc1. The second-order valence-corrected chi connectivity index (χ2v) is 6.60. The smallest absolute Gasteiger partial charge is 0.290 e. The van der Waals surface area contributed by atoms with Gasteiger partial charge >= 0.3 is 0 Å². The molecule has 2 aliphatic rings. The number of rotatable bonds is 6. The highest BCUT2D eigenvalue weighted by Crippen LogP contribution is 2.37. The van der Waals surface area contributed by atoms with Crippen LogP contribution in [0.3, 0.4) is 0 Å². The number of Topliss-reactive ketones (excluding diaryl/α,β-unsaturated/α-hetero) is 1. The van der Waals surface area contributed by atoms with Crippen LogP contribution in [0.5, 0.6) is 0 Å². The summed E-state index contributed by atoms with van der Waals surface area (Å²) >= 11 is 0. The molecule has 0 unspecified atom stereocenters. The van der Waals surface area contributed by atoms with Crippen LogP contribution >= 0.6 is 0 Å². The lowest BCUT2D eigenvalue weighted by atomic mass is 9.97. The number of morpholine rings is 1. The van der Waals surface area contributed by atoms with Gasteiger partial charge in [-0.05, 0) is 12.5 Å². The van der Waals surface area contributed by atoms with Crippen molar-refractivity contribution in [3.05, 3.63) is 47.2 Å². The molecule has 0 spiro atoms. The van der Waals surface area contributed by atoms with Gasteiger partial charge in [0.1, 0.15) is 13.1 Å². The van der Waals surface area contributed by atoms with Crippen LogP contribution in [0.1, 0.15) is 24.9 Å². The number of quaternary nitrogens is 1. The molecular formula is C19H25N2O4+. The first kappa shape index (κ1) is 17.6. The van der Waals surface area contributed by atoms with E-state index in [2.05, 4.69) is 0 Å². The van der Waals surface area contributed by atoms with Crippen LogP contribution in [0.25, 0.3) is 0 Å². The second-order valence-electron chi connectivity index (χ2n) is 6.60. The zero-order valence-corrected chi connectivity index (χ0v) is 14.5. The molecule has 0 radical (unpaired) electrons. The Bertz CT molecular complexity index is 665. The Morgan fingerprint density at radius 2 is 1.96 bits per heavy atom. The lowest BCUT2D eigenvalue weighted by Gasteiger charge is -2.28. The highest BCUT2D eigenvalue weighted by molar-refractivity contribution is 6.08. The van der Waals surface area contributed by atoms with Crippen LogP contribution in [-0.4, -0.2) is 61.1 Å². The van der Waals surface area contributed by atoms with Crippen LogP contribution < -0.4 is 4.90 Å². The van der Waals surface area contributed by atoms with E-state index >= 15 is 0 Å². The Balaban J connectivity index is 1.74. The summed E-state index contributed by atoms with van der Waals surface area (Å²) < 4.78 is 5.36. The normalized spacial score (nSPS) is 21.9. The molecule has 0 saturated carbocycles. The molecule has 0 aromatic heterocycles. The number of nitrogens with one attached hydrogen (secondary N) is 1. The lowest BCUT2D eigenvalue weighted by molar-refractivity contribution is -0.908. The fourth-order valence-electron chi connectivity index (χ4n) is 3.64. The van der Waals surface area contributed by atoms with Crippen molar-refractivity contribution in [1.82, 2.24) is 4.90 Å². The van der Waals surface area contributed by atoms with Crippen LogP contribution in [0.4, 0.5) is 0 Å². The number of amides is 1. The van der Waals surface area contributed by atoms with Crippen LogP contribution in [-0.2, 0) is 14.3 Å². The Hall–Kier alpha value is -2.18. The highest BCUT2D eigenvalue weighted by Gasteiger charge is 2.42. The quantitative estimate of drug-likeness (QED) is 0.777. The van der Waals surface area contributed by atoms with Crippen molar-refractivity contribution in [1.29, 1.82) is 0 Å². The molecule has 2 aliphatic heterocycles. The van der Waals surface area contributed by atoms with Crippen molar-refractivity contribution in [3.8, 4) is 0 Å². The van der Waals surface area contributed by atoms with Gasteiger partial charge in [-0.2, -0.15) is 0 Å². The number of aliphatic hydroxyl groups excluding tert-OH is 1. The van der Waals surface area contributed by atoms with Crippen molar-refractivity contribution < 1.29 is 24.3 Å². The molecule has 0 aliphatic carbocycles. The molecule has 6 nitrogen and oxygen atoms in total. The number of carbonyl (C=O) groups is 2. The van der Waals surface area contributed by atoms with E-state index in [4.69, 9.17) is 4.74 Å². The van der Waals surface area contributed by atoms with E-state index in [0.717, 1.165) is 44.8 Å². The third-order valence-electron chi connectivity index (χ3n) is 4.93. The van der Waals surface area contributed by atoms with Crippen molar-refractivity contribution in [2.75, 3.05) is 39.4 Å². The summed E-state index contributed by atoms with van der Waals surface area (Å²) in [4.78, 5) is 27.7. The molecule has 1 fully saturated rings. The van der Waals surface area contributed by atoms with E-state index in [1.165, 1.54) is 11.8 Å². The van der Waals surface area contributed by atoms with E-state index < -0.39 is 17.7 Å². The standard InChI is InChI=1S/C19H24N2O4/c1-14(22)16-17(15-6-3-2-4-7-15)21(19(24)18(16)23)9-5-8-20-10-12-25-13-11-20/h2-4,6-7,17,23H,5,8-13H2,1H3/p+1/t17-/m0/s1. The molecule has 0 bridgehead atoms. The number of ether oxygens (including phenoxy) is 1. The number of aliphatic hydroxyl groups is 1. The minimum absolute atomic E-state index is 0.204. The summed E-state index contributed by atoms with van der Waals surface area (Å²) in [6.07, 6.45) is 0.822. The second kappa shape index (κ2) is 7.80. The number of carbonyl (C=O) groups excluding carboxylic acids is 2. The summed E-state index contributed by atoms with van der Waals surface area (Å²) in [5.41, 5.74) is 1.05. The van der Waals surface area contributed by atoms with Gasteiger partial charge in [0, 0.05) is 13.0 Å². The van der Waals surface area contributed by atoms with E-state index in [1.807, 2.05) is 30.3 Å². The first-order chi connectivity index (χ1) is 12.1. The maximum Gasteiger partial charge on any atom is 0.290 e. The molecule has 1 aromatic carbocycles. The van der Waals surface area contributed by atoms with Gasteiger partial charge in [-0.25, -0.2) is 0 Å². The van der Waals surface area contributed by atoms with Gasteiger partial charge in [0.15, 0.2) is 11.5 Å². The molecule has 1 amide bonds. The minimum atomic E-state index is -0.495. The average molecular weight is 345 g/mol. The Kier molecular flexibility index (Phi) is 5.50. The fourth-order valence-corrected chi connectivity index (χ4v) is 3.64. The lowest BCUT2D eigenvalue weighted by Crippen LogP contribution is -3.14. The van der Waals surface area contributed by atoms with Crippen LogP contribution in [0, 0.1) is 0 Å². The fraction of sp³-hybridized carbons (Fsp3) is 0.474. The first-order valence-electron chi connectivity index (χ1n) is 8.81. The van der Waals surface area contributed by atoms with Gasteiger partial charge in [-0.3, -0.25) is 9.59 Å². The first-order valence-corrected chi connectivity index (χ1v) is 8.81. The molecule has 2 heterocycles. The number of hydrogen-bond donors (Lipinski definition) is 2. The largest absolute Gasteiger partial charge is 0.503 e. The Labute approximate surface area is 147 Å². The van der Waals surface area contributed by atoms with E-state index in [0.29, 0.717) is 6.54 Å². The zero-order valence-electron chi connectivity index (χ0n) is 14.5. The van der Waals surface area contributed by atoms with E-state index in [9.17, 15) is 14.7 Å². The topological polar surface area (TPSA) is 71.3 Å². The van der Waals surface area contributed by atoms with Crippen molar-refractivity contribution in [2.45, 2.75) is 19.4 Å². The molecule has 1 aromatic rings. The third kappa shape index (κ3) is 3.75. The van der Waals surface area contributed by atoms with Crippen molar-refractivity contribution >= 4 is 11.7 Å². The molecule has 6 heteroatoms. The third-order valence-corrected chi connectivity index (χ3v) is 4.93. The van der Waals surface area contributed by atoms with Gasteiger partial charge in [0.05, 0.1) is 31.4 Å².